The lowest BCUT2D eigenvalue weighted by atomic mass is 9.98. The van der Waals surface area contributed by atoms with E-state index in [1.807, 2.05) is 0 Å². The number of hydrogen-bond acceptors (Lipinski definition) is 3. The Bertz CT molecular complexity index is 616. The first-order chi connectivity index (χ1) is 11.0. The predicted molar refractivity (Wildman–Crippen MR) is 91.4 cm³/mol. The average Bonchev–Trinajstić information content (AvgIpc) is 2.54. The summed E-state index contributed by atoms with van der Waals surface area (Å²) in [5.74, 6) is -0.597. The maximum atomic E-state index is 12.3. The number of amides is 1. The van der Waals surface area contributed by atoms with Crippen LogP contribution in [-0.2, 0) is 14.3 Å². The molecule has 0 bridgehead atoms. The fourth-order valence-corrected chi connectivity index (χ4v) is 3.00. The summed E-state index contributed by atoms with van der Waals surface area (Å²) in [7, 11) is 0. The van der Waals surface area contributed by atoms with E-state index in [1.165, 1.54) is 6.08 Å². The maximum absolute atomic E-state index is 12.3. The van der Waals surface area contributed by atoms with Gasteiger partial charge in [0, 0.05) is 29.2 Å². The molecule has 1 aromatic carbocycles. The Hall–Kier alpha value is -1.52. The molecule has 1 unspecified atom stereocenters. The van der Waals surface area contributed by atoms with Crippen LogP contribution in [0.3, 0.4) is 0 Å². The summed E-state index contributed by atoms with van der Waals surface area (Å²) in [5.41, 5.74) is 0.725. The van der Waals surface area contributed by atoms with Gasteiger partial charge in [0.25, 0.3) is 0 Å². The van der Waals surface area contributed by atoms with E-state index in [0.717, 1.165) is 18.4 Å². The van der Waals surface area contributed by atoms with Crippen LogP contribution in [0.2, 0.25) is 10.0 Å². The molecule has 6 heteroatoms. The maximum Gasteiger partial charge on any atom is 0.310 e. The van der Waals surface area contributed by atoms with E-state index < -0.39 is 0 Å². The van der Waals surface area contributed by atoms with Crippen LogP contribution < -0.4 is 0 Å². The van der Waals surface area contributed by atoms with E-state index >= 15 is 0 Å². The molecule has 1 heterocycles. The summed E-state index contributed by atoms with van der Waals surface area (Å²) in [6.07, 6.45) is 4.69. The first-order valence-electron chi connectivity index (χ1n) is 7.60. The lowest BCUT2D eigenvalue weighted by Gasteiger charge is -2.30. The van der Waals surface area contributed by atoms with Crippen molar-refractivity contribution in [3.05, 3.63) is 39.9 Å². The second-order valence-electron chi connectivity index (χ2n) is 5.37. The van der Waals surface area contributed by atoms with Crippen LogP contribution in [0.4, 0.5) is 0 Å². The molecule has 0 aliphatic carbocycles. The summed E-state index contributed by atoms with van der Waals surface area (Å²) in [5, 5.41) is 1.04. The minimum absolute atomic E-state index is 0.134. The molecule has 0 N–H and O–H groups in total. The van der Waals surface area contributed by atoms with Crippen LogP contribution >= 0.6 is 23.2 Å². The van der Waals surface area contributed by atoms with E-state index in [-0.39, 0.29) is 17.8 Å². The molecular weight excluding hydrogens is 337 g/mol. The van der Waals surface area contributed by atoms with Gasteiger partial charge in [0.1, 0.15) is 0 Å². The zero-order valence-electron chi connectivity index (χ0n) is 12.9. The SMILES string of the molecule is CCOC(=O)C1CCCN(C(=O)/C=C/c2ccc(Cl)cc2Cl)C1. The number of piperidine rings is 1. The first-order valence-corrected chi connectivity index (χ1v) is 8.35. The van der Waals surface area contributed by atoms with Crippen LogP contribution in [0.1, 0.15) is 25.3 Å². The highest BCUT2D eigenvalue weighted by Gasteiger charge is 2.28. The van der Waals surface area contributed by atoms with Crippen molar-refractivity contribution in [3.8, 4) is 0 Å². The number of halogens is 2. The third kappa shape index (κ3) is 4.98. The third-order valence-corrected chi connectivity index (χ3v) is 4.28. The number of nitrogens with zero attached hydrogens (tertiary/aromatic N) is 1. The van der Waals surface area contributed by atoms with Gasteiger partial charge in [0.05, 0.1) is 12.5 Å². The Kier molecular flexibility index (Phi) is 6.48. The molecule has 23 heavy (non-hydrogen) atoms. The van der Waals surface area contributed by atoms with Crippen LogP contribution in [0.15, 0.2) is 24.3 Å². The smallest absolute Gasteiger partial charge is 0.310 e. The average molecular weight is 356 g/mol. The van der Waals surface area contributed by atoms with Gasteiger partial charge >= 0.3 is 5.97 Å². The highest BCUT2D eigenvalue weighted by atomic mass is 35.5. The Morgan fingerprint density at radius 3 is 2.87 bits per heavy atom. The highest BCUT2D eigenvalue weighted by molar-refractivity contribution is 6.35. The quantitative estimate of drug-likeness (QED) is 0.609. The lowest BCUT2D eigenvalue weighted by molar-refractivity contribution is -0.150. The topological polar surface area (TPSA) is 46.6 Å². The zero-order valence-corrected chi connectivity index (χ0v) is 14.4. The number of hydrogen-bond donors (Lipinski definition) is 0. The minimum Gasteiger partial charge on any atom is -0.466 e. The van der Waals surface area contributed by atoms with Gasteiger partial charge in [-0.25, -0.2) is 0 Å². The Labute approximate surface area is 146 Å². The fraction of sp³-hybridized carbons (Fsp3) is 0.412. The number of esters is 1. The summed E-state index contributed by atoms with van der Waals surface area (Å²) in [6.45, 7) is 3.18. The molecule has 1 aromatic rings. The molecule has 0 radical (unpaired) electrons. The van der Waals surface area contributed by atoms with Gasteiger partial charge in [-0.2, -0.15) is 0 Å². The van der Waals surface area contributed by atoms with E-state index in [1.54, 1.807) is 36.1 Å². The largest absolute Gasteiger partial charge is 0.466 e. The van der Waals surface area contributed by atoms with Crippen molar-refractivity contribution < 1.29 is 14.3 Å². The molecule has 0 saturated carbocycles. The molecule has 0 aromatic heterocycles. The summed E-state index contributed by atoms with van der Waals surface area (Å²) < 4.78 is 5.04. The van der Waals surface area contributed by atoms with Gasteiger partial charge in [-0.1, -0.05) is 29.3 Å². The molecule has 1 amide bonds. The van der Waals surface area contributed by atoms with Crippen molar-refractivity contribution in [2.45, 2.75) is 19.8 Å². The van der Waals surface area contributed by atoms with Gasteiger partial charge in [-0.05, 0) is 43.5 Å². The third-order valence-electron chi connectivity index (χ3n) is 3.72. The molecule has 1 fully saturated rings. The van der Waals surface area contributed by atoms with Gasteiger partial charge in [-0.15, -0.1) is 0 Å². The normalized spacial score (nSPS) is 18.2. The molecule has 1 aliphatic rings. The van der Waals surface area contributed by atoms with E-state index in [9.17, 15) is 9.59 Å². The van der Waals surface area contributed by atoms with Gasteiger partial charge < -0.3 is 9.64 Å². The number of benzene rings is 1. The van der Waals surface area contributed by atoms with Gasteiger partial charge in [-0.3, -0.25) is 9.59 Å². The number of ether oxygens (including phenoxy) is 1. The molecule has 4 nitrogen and oxygen atoms in total. The second kappa shape index (κ2) is 8.37. The fourth-order valence-electron chi connectivity index (χ4n) is 2.53. The van der Waals surface area contributed by atoms with Crippen molar-refractivity contribution in [3.63, 3.8) is 0 Å². The van der Waals surface area contributed by atoms with Crippen molar-refractivity contribution >= 4 is 41.2 Å². The molecule has 0 spiro atoms. The highest BCUT2D eigenvalue weighted by Crippen LogP contribution is 2.23. The minimum atomic E-state index is -0.236. The van der Waals surface area contributed by atoms with Gasteiger partial charge in [0.2, 0.25) is 5.91 Å². The van der Waals surface area contributed by atoms with Crippen LogP contribution in [-0.4, -0.2) is 36.5 Å². The Balaban J connectivity index is 1.99. The summed E-state index contributed by atoms with van der Waals surface area (Å²) in [6, 6.07) is 5.10. The van der Waals surface area contributed by atoms with E-state index in [2.05, 4.69) is 0 Å². The van der Waals surface area contributed by atoms with Crippen LogP contribution in [0.5, 0.6) is 0 Å². The second-order valence-corrected chi connectivity index (χ2v) is 6.22. The number of rotatable bonds is 4. The van der Waals surface area contributed by atoms with Gasteiger partial charge in [0.15, 0.2) is 0 Å². The Morgan fingerprint density at radius 1 is 1.39 bits per heavy atom. The Morgan fingerprint density at radius 2 is 2.17 bits per heavy atom. The molecule has 124 valence electrons. The first kappa shape index (κ1) is 17.8. The van der Waals surface area contributed by atoms with Crippen LogP contribution in [0.25, 0.3) is 6.08 Å². The van der Waals surface area contributed by atoms with Crippen molar-refractivity contribution in [1.29, 1.82) is 0 Å². The van der Waals surface area contributed by atoms with Crippen LogP contribution in [0, 0.1) is 5.92 Å². The molecular formula is C17H19Cl2NO3. The molecule has 1 saturated heterocycles. The number of likely N-dealkylation sites (tertiary alicyclic amines) is 1. The van der Waals surface area contributed by atoms with E-state index in [0.29, 0.717) is 29.7 Å². The lowest BCUT2D eigenvalue weighted by Crippen LogP contribution is -2.42. The van der Waals surface area contributed by atoms with Crippen molar-refractivity contribution in [2.75, 3.05) is 19.7 Å². The summed E-state index contributed by atoms with van der Waals surface area (Å²) in [4.78, 5) is 25.8. The monoisotopic (exact) mass is 355 g/mol. The standard InChI is InChI=1S/C17H19Cl2NO3/c1-2-23-17(22)13-4-3-9-20(11-13)16(21)8-6-12-5-7-14(18)10-15(12)19/h5-8,10,13H,2-4,9,11H2,1H3/b8-6+. The number of carbonyl (C=O) groups excluding carboxylic acids is 2. The molecule has 1 aliphatic heterocycles. The summed E-state index contributed by atoms with van der Waals surface area (Å²) >= 11 is 11.9. The molecule has 1 atom stereocenters. The van der Waals surface area contributed by atoms with E-state index in [4.69, 9.17) is 27.9 Å². The predicted octanol–water partition coefficient (Wildman–Crippen LogP) is 3.81. The zero-order chi connectivity index (χ0) is 16.8. The number of carbonyl (C=O) groups is 2. The molecule has 2 rings (SSSR count). The van der Waals surface area contributed by atoms with Crippen molar-refractivity contribution in [2.24, 2.45) is 5.92 Å². The van der Waals surface area contributed by atoms with Crippen molar-refractivity contribution in [1.82, 2.24) is 4.90 Å².